The molecule has 2 aliphatic heterocycles. The van der Waals surface area contributed by atoms with Crippen LogP contribution in [-0.4, -0.2) is 52.7 Å². The van der Waals surface area contributed by atoms with Crippen molar-refractivity contribution < 1.29 is 28.4 Å². The minimum atomic E-state index is -3.93. The van der Waals surface area contributed by atoms with E-state index < -0.39 is 35.9 Å². The molecule has 0 bridgehead atoms. The van der Waals surface area contributed by atoms with Crippen molar-refractivity contribution in [3.05, 3.63) is 86.8 Å². The lowest BCUT2D eigenvalue weighted by Gasteiger charge is -2.52. The maximum absolute atomic E-state index is 14.3. The highest BCUT2D eigenvalue weighted by Crippen LogP contribution is 2.67. The van der Waals surface area contributed by atoms with Crippen LogP contribution in [0.2, 0.25) is 0 Å². The van der Waals surface area contributed by atoms with Crippen molar-refractivity contribution in [2.24, 2.45) is 11.8 Å². The Morgan fingerprint density at radius 2 is 1.88 bits per heavy atom. The molecule has 1 fully saturated rings. The normalized spacial score (nSPS) is 29.6. The standard InChI is InChI=1S/C29H38N3O7P/c1-6-21-17-38-40(37,39-18-21)27-19(2)30-29(4,20(3)31(5)16-22-11-8-7-9-12-22)26(28(33)34)25(27)23-13-10-14-24(15-23)32(35)36/h7-15,20-21,25-26,30H,6,16-18H2,1-5H3,(H,33,34). The largest absolute Gasteiger partial charge is 0.481 e. The van der Waals surface area contributed by atoms with Crippen molar-refractivity contribution in [1.29, 1.82) is 0 Å². The van der Waals surface area contributed by atoms with Gasteiger partial charge >= 0.3 is 13.6 Å². The third kappa shape index (κ3) is 5.72. The zero-order chi connectivity index (χ0) is 29.2. The summed E-state index contributed by atoms with van der Waals surface area (Å²) in [5.41, 5.74) is 0.698. The number of benzene rings is 2. The number of rotatable bonds is 9. The van der Waals surface area contributed by atoms with Crippen LogP contribution in [0.5, 0.6) is 0 Å². The highest BCUT2D eigenvalue weighted by Gasteiger charge is 2.57. The van der Waals surface area contributed by atoms with E-state index in [0.29, 0.717) is 17.8 Å². The van der Waals surface area contributed by atoms with Crippen LogP contribution in [0.15, 0.2) is 65.6 Å². The minimum absolute atomic E-state index is 0.0722. The molecule has 4 atom stereocenters. The first-order valence-corrected chi connectivity index (χ1v) is 15.1. The molecule has 11 heteroatoms. The van der Waals surface area contributed by atoms with Gasteiger partial charge in [0.2, 0.25) is 0 Å². The SMILES string of the molecule is CCC1COP(=O)(C2=C(C)NC(C)(C(C)N(C)Cc3ccccc3)C(C(=O)O)C2c2cccc([N+](=O)[O-])c2)OC1. The Morgan fingerprint density at radius 3 is 2.45 bits per heavy atom. The fraction of sp³-hybridized carbons (Fsp3) is 0.483. The first-order chi connectivity index (χ1) is 18.9. The lowest BCUT2D eigenvalue weighted by Crippen LogP contribution is -2.65. The van der Waals surface area contributed by atoms with E-state index >= 15 is 0 Å². The number of nitrogens with one attached hydrogen (secondary N) is 1. The number of hydrogen-bond donors (Lipinski definition) is 2. The van der Waals surface area contributed by atoms with E-state index in [1.807, 2.05) is 58.2 Å². The predicted octanol–water partition coefficient (Wildman–Crippen LogP) is 5.76. The number of non-ortho nitro benzene ring substituents is 1. The molecule has 0 spiro atoms. The lowest BCUT2D eigenvalue weighted by molar-refractivity contribution is -0.384. The first-order valence-electron chi connectivity index (χ1n) is 13.5. The number of hydrogen-bond acceptors (Lipinski definition) is 8. The summed E-state index contributed by atoms with van der Waals surface area (Å²) in [4.78, 5) is 26.4. The highest BCUT2D eigenvalue weighted by molar-refractivity contribution is 7.58. The molecule has 1 saturated heterocycles. The van der Waals surface area contributed by atoms with Crippen LogP contribution in [0.25, 0.3) is 0 Å². The summed E-state index contributed by atoms with van der Waals surface area (Å²) in [6.45, 7) is 8.55. The maximum atomic E-state index is 14.3. The van der Waals surface area contributed by atoms with Gasteiger partial charge in [0.1, 0.15) is 0 Å². The van der Waals surface area contributed by atoms with Crippen LogP contribution < -0.4 is 5.32 Å². The lowest BCUT2D eigenvalue weighted by atomic mass is 9.67. The van der Waals surface area contributed by atoms with E-state index in [0.717, 1.165) is 12.0 Å². The average molecular weight is 572 g/mol. The monoisotopic (exact) mass is 571 g/mol. The zero-order valence-corrected chi connectivity index (χ0v) is 24.5. The summed E-state index contributed by atoms with van der Waals surface area (Å²) >= 11 is 0. The molecule has 0 amide bonds. The van der Waals surface area contributed by atoms with Gasteiger partial charge in [-0.2, -0.15) is 0 Å². The first kappa shape index (κ1) is 29.9. The van der Waals surface area contributed by atoms with Crippen molar-refractivity contribution in [2.45, 2.75) is 58.2 Å². The number of allylic oxidation sites excluding steroid dienone is 2. The summed E-state index contributed by atoms with van der Waals surface area (Å²) in [6.07, 6.45) is 0.783. The molecule has 2 aromatic rings. The van der Waals surface area contributed by atoms with Crippen LogP contribution in [0, 0.1) is 22.0 Å². The van der Waals surface area contributed by atoms with Gasteiger partial charge in [-0.05, 0) is 45.4 Å². The van der Waals surface area contributed by atoms with Crippen LogP contribution >= 0.6 is 7.60 Å². The Hall–Kier alpha value is -3.04. The molecule has 0 radical (unpaired) electrons. The molecule has 0 aromatic heterocycles. The molecular weight excluding hydrogens is 533 g/mol. The molecule has 4 rings (SSSR count). The summed E-state index contributed by atoms with van der Waals surface area (Å²) in [7, 11) is -2.00. The van der Waals surface area contributed by atoms with Gasteiger partial charge in [-0.1, -0.05) is 49.4 Å². The molecule has 4 unspecified atom stereocenters. The molecule has 2 N–H and O–H groups in total. The van der Waals surface area contributed by atoms with Crippen molar-refractivity contribution in [1.82, 2.24) is 10.2 Å². The van der Waals surface area contributed by atoms with Gasteiger partial charge in [0.25, 0.3) is 5.69 Å². The second-order valence-corrected chi connectivity index (χ2v) is 13.0. The minimum Gasteiger partial charge on any atom is -0.481 e. The number of nitro benzene ring substituents is 1. The molecule has 216 valence electrons. The van der Waals surface area contributed by atoms with Crippen LogP contribution in [0.1, 0.15) is 51.2 Å². The number of nitro groups is 1. The summed E-state index contributed by atoms with van der Waals surface area (Å²) in [6, 6.07) is 15.4. The van der Waals surface area contributed by atoms with Crippen molar-refractivity contribution >= 4 is 19.3 Å². The Bertz CT molecular complexity index is 1320. The average Bonchev–Trinajstić information content (AvgIpc) is 2.92. The molecule has 2 aromatic carbocycles. The van der Waals surface area contributed by atoms with Gasteiger partial charge in [0, 0.05) is 42.3 Å². The van der Waals surface area contributed by atoms with Crippen molar-refractivity contribution in [3.63, 3.8) is 0 Å². The molecule has 10 nitrogen and oxygen atoms in total. The van der Waals surface area contributed by atoms with Gasteiger partial charge in [-0.25, -0.2) is 0 Å². The van der Waals surface area contributed by atoms with Crippen molar-refractivity contribution in [3.8, 4) is 0 Å². The third-order valence-electron chi connectivity index (χ3n) is 8.46. The van der Waals surface area contributed by atoms with Gasteiger partial charge in [0.15, 0.2) is 0 Å². The maximum Gasteiger partial charge on any atom is 0.359 e. The summed E-state index contributed by atoms with van der Waals surface area (Å²) in [5, 5.41) is 26.1. The fourth-order valence-electron chi connectivity index (χ4n) is 5.94. The van der Waals surface area contributed by atoms with Gasteiger partial charge < -0.3 is 19.5 Å². The van der Waals surface area contributed by atoms with E-state index in [9.17, 15) is 24.6 Å². The summed E-state index contributed by atoms with van der Waals surface area (Å²) in [5.74, 6) is -3.21. The smallest absolute Gasteiger partial charge is 0.359 e. The van der Waals surface area contributed by atoms with Crippen LogP contribution in [-0.2, 0) is 25.0 Å². The number of carboxylic acids is 1. The molecule has 40 heavy (non-hydrogen) atoms. The number of nitrogens with zero attached hydrogens (tertiary/aromatic N) is 2. The predicted molar refractivity (Wildman–Crippen MR) is 152 cm³/mol. The van der Waals surface area contributed by atoms with Gasteiger partial charge in [-0.3, -0.25) is 24.4 Å². The number of carbonyl (C=O) groups is 1. The van der Waals surface area contributed by atoms with E-state index in [2.05, 4.69) is 10.2 Å². The van der Waals surface area contributed by atoms with Crippen molar-refractivity contribution in [2.75, 3.05) is 20.3 Å². The Labute approximate surface area is 235 Å². The second kappa shape index (κ2) is 11.8. The molecule has 0 saturated carbocycles. The Balaban J connectivity index is 1.86. The molecule has 0 aliphatic carbocycles. The molecular formula is C29H38N3O7P. The fourth-order valence-corrected chi connectivity index (χ4v) is 8.21. The number of carboxylic acid groups (broad SMARTS) is 1. The summed E-state index contributed by atoms with van der Waals surface area (Å²) < 4.78 is 26.1. The van der Waals surface area contributed by atoms with Gasteiger partial charge in [0.05, 0.1) is 34.9 Å². The number of likely N-dealkylation sites (N-methyl/N-ethyl adjacent to an activating group) is 1. The second-order valence-electron chi connectivity index (χ2n) is 11.0. The van der Waals surface area contributed by atoms with Gasteiger partial charge in [-0.15, -0.1) is 0 Å². The molecule has 2 heterocycles. The topological polar surface area (TPSA) is 131 Å². The van der Waals surface area contributed by atoms with Crippen LogP contribution in [0.3, 0.4) is 0 Å². The Kier molecular flexibility index (Phi) is 8.85. The van der Waals surface area contributed by atoms with Crippen LogP contribution in [0.4, 0.5) is 5.69 Å². The Morgan fingerprint density at radius 1 is 1.23 bits per heavy atom. The third-order valence-corrected chi connectivity index (χ3v) is 10.6. The van der Waals surface area contributed by atoms with E-state index in [1.165, 1.54) is 18.2 Å². The van der Waals surface area contributed by atoms with E-state index in [4.69, 9.17) is 9.05 Å². The number of aliphatic carboxylic acids is 1. The highest BCUT2D eigenvalue weighted by atomic mass is 31.2. The van der Waals surface area contributed by atoms with E-state index in [1.54, 1.807) is 13.0 Å². The molecule has 2 aliphatic rings. The zero-order valence-electron chi connectivity index (χ0n) is 23.6. The van der Waals surface area contributed by atoms with E-state index in [-0.39, 0.29) is 36.2 Å². The quantitative estimate of drug-likeness (QED) is 0.219.